The molecule has 0 amide bonds. The first-order valence-corrected chi connectivity index (χ1v) is 15.1. The van der Waals surface area contributed by atoms with E-state index in [0.29, 0.717) is 34.6 Å². The molecule has 1 aliphatic rings. The normalized spacial score (nSPS) is 15.1. The minimum Gasteiger partial charge on any atom is -0.493 e. The summed E-state index contributed by atoms with van der Waals surface area (Å²) in [7, 11) is -0.356. The number of carbonyl (C=O) groups excluding carboxylic acids is 1. The van der Waals surface area contributed by atoms with E-state index in [1.54, 1.807) is 7.11 Å². The summed E-state index contributed by atoms with van der Waals surface area (Å²) in [5, 5.41) is 0.768. The number of rotatable bonds is 6. The third-order valence-corrected chi connectivity index (χ3v) is 12.0. The number of esters is 1. The number of methoxy groups -OCH3 is 1. The van der Waals surface area contributed by atoms with Gasteiger partial charge in [-0.25, -0.2) is 4.79 Å². The lowest BCUT2D eigenvalue weighted by atomic mass is 9.84. The molecule has 186 valence electrons. The van der Waals surface area contributed by atoms with Crippen LogP contribution in [0.5, 0.6) is 5.75 Å². The van der Waals surface area contributed by atoms with E-state index in [-0.39, 0.29) is 5.04 Å². The lowest BCUT2D eigenvalue weighted by molar-refractivity contribution is 0.0204. The van der Waals surface area contributed by atoms with Gasteiger partial charge in [0.15, 0.2) is 25.4 Å². The number of hydrogen-bond donors (Lipinski definition) is 0. The van der Waals surface area contributed by atoms with E-state index in [1.807, 2.05) is 72.8 Å². The zero-order chi connectivity index (χ0) is 25.7. The highest BCUT2D eigenvalue weighted by Gasteiger charge is 2.53. The summed E-state index contributed by atoms with van der Waals surface area (Å²) >= 11 is 0. The zero-order valence-corrected chi connectivity index (χ0v) is 22.7. The third-order valence-electron chi connectivity index (χ3n) is 7.57. The molecule has 5 nitrogen and oxygen atoms in total. The fourth-order valence-electron chi connectivity index (χ4n) is 4.52. The SMILES string of the molecule is COc1cc(CO[Si](C)(C)C(C)(C)C)cc2c3c(oc12)C(c1ccccc1)(c1ccccc1)OC3=O. The summed E-state index contributed by atoms with van der Waals surface area (Å²) in [4.78, 5) is 13.5. The van der Waals surface area contributed by atoms with E-state index >= 15 is 0 Å². The van der Waals surface area contributed by atoms with Crippen LogP contribution in [0, 0.1) is 0 Å². The predicted molar refractivity (Wildman–Crippen MR) is 143 cm³/mol. The minimum atomic E-state index is -1.97. The number of hydrogen-bond acceptors (Lipinski definition) is 5. The van der Waals surface area contributed by atoms with Crippen LogP contribution in [0.1, 0.15) is 53.6 Å². The van der Waals surface area contributed by atoms with Crippen LogP contribution in [0.15, 0.2) is 77.2 Å². The molecule has 6 heteroatoms. The van der Waals surface area contributed by atoms with E-state index in [9.17, 15) is 4.79 Å². The minimum absolute atomic E-state index is 0.0901. The predicted octanol–water partition coefficient (Wildman–Crippen LogP) is 7.43. The molecule has 0 bridgehead atoms. The molecule has 5 rings (SSSR count). The number of benzene rings is 3. The molecule has 0 saturated heterocycles. The first-order valence-electron chi connectivity index (χ1n) is 12.2. The Bertz CT molecular complexity index is 1380. The highest BCUT2D eigenvalue weighted by Crippen LogP contribution is 2.51. The Morgan fingerprint density at radius 3 is 2.03 bits per heavy atom. The smallest absolute Gasteiger partial charge is 0.344 e. The van der Waals surface area contributed by atoms with Gasteiger partial charge in [0, 0.05) is 16.5 Å². The lowest BCUT2D eigenvalue weighted by Gasteiger charge is -2.36. The molecule has 0 atom stereocenters. The van der Waals surface area contributed by atoms with Gasteiger partial charge < -0.3 is 18.3 Å². The number of fused-ring (bicyclic) bond motifs is 3. The molecule has 4 aromatic rings. The fraction of sp³-hybridized carbons (Fsp3) is 0.300. The van der Waals surface area contributed by atoms with E-state index in [4.69, 9.17) is 18.3 Å². The van der Waals surface area contributed by atoms with Crippen molar-refractivity contribution in [2.75, 3.05) is 7.11 Å². The Hall–Kier alpha value is -3.35. The first-order chi connectivity index (χ1) is 17.1. The van der Waals surface area contributed by atoms with Gasteiger partial charge in [-0.15, -0.1) is 0 Å². The van der Waals surface area contributed by atoms with Crippen molar-refractivity contribution in [3.05, 3.63) is 101 Å². The molecular weight excluding hydrogens is 468 g/mol. The zero-order valence-electron chi connectivity index (χ0n) is 21.7. The average Bonchev–Trinajstić information content (AvgIpc) is 3.39. The van der Waals surface area contributed by atoms with E-state index in [1.165, 1.54) is 0 Å². The summed E-state index contributed by atoms with van der Waals surface area (Å²) in [6.07, 6.45) is 0. The summed E-state index contributed by atoms with van der Waals surface area (Å²) in [5.41, 5.74) is 2.36. The fourth-order valence-corrected chi connectivity index (χ4v) is 5.48. The van der Waals surface area contributed by atoms with Crippen molar-refractivity contribution in [3.8, 4) is 5.75 Å². The Morgan fingerprint density at radius 1 is 0.917 bits per heavy atom. The quantitative estimate of drug-likeness (QED) is 0.204. The van der Waals surface area contributed by atoms with Crippen LogP contribution in [0.2, 0.25) is 18.1 Å². The molecular formula is C30H32O5Si. The van der Waals surface area contributed by atoms with E-state index < -0.39 is 19.9 Å². The van der Waals surface area contributed by atoms with Gasteiger partial charge in [0.25, 0.3) is 0 Å². The van der Waals surface area contributed by atoms with E-state index in [2.05, 4.69) is 33.9 Å². The standard InChI is InChI=1S/C30H32O5Si/c1-29(2,3)36(5,6)33-19-20-17-23-25-27(34-26(23)24(18-20)32-4)30(35-28(25)31,21-13-9-7-10-14-21)22-15-11-8-12-16-22/h7-18H,19H2,1-6H3. The van der Waals surface area contributed by atoms with Crippen LogP contribution in [0.4, 0.5) is 0 Å². The second-order valence-corrected chi connectivity index (χ2v) is 15.6. The summed E-state index contributed by atoms with van der Waals surface area (Å²) in [5.74, 6) is 0.625. The monoisotopic (exact) mass is 500 g/mol. The van der Waals surface area contributed by atoms with Crippen molar-refractivity contribution in [2.45, 2.75) is 51.1 Å². The second-order valence-electron chi connectivity index (χ2n) is 10.8. The van der Waals surface area contributed by atoms with Crippen molar-refractivity contribution in [3.63, 3.8) is 0 Å². The Morgan fingerprint density at radius 2 is 1.50 bits per heavy atom. The topological polar surface area (TPSA) is 57.9 Å². The van der Waals surface area contributed by atoms with Crippen LogP contribution in [-0.4, -0.2) is 21.4 Å². The van der Waals surface area contributed by atoms with Gasteiger partial charge in [-0.3, -0.25) is 0 Å². The van der Waals surface area contributed by atoms with Crippen LogP contribution >= 0.6 is 0 Å². The maximum Gasteiger partial charge on any atom is 0.344 e. The summed E-state index contributed by atoms with van der Waals surface area (Å²) < 4.78 is 24.9. The van der Waals surface area contributed by atoms with Crippen molar-refractivity contribution in [1.82, 2.24) is 0 Å². The molecule has 0 aliphatic carbocycles. The summed E-state index contributed by atoms with van der Waals surface area (Å²) in [6, 6.07) is 23.4. The van der Waals surface area contributed by atoms with Gasteiger partial charge in [0.05, 0.1) is 13.7 Å². The van der Waals surface area contributed by atoms with Crippen molar-refractivity contribution in [2.24, 2.45) is 0 Å². The van der Waals surface area contributed by atoms with Crippen LogP contribution in [-0.2, 0) is 21.4 Å². The largest absolute Gasteiger partial charge is 0.493 e. The number of carbonyl (C=O) groups is 1. The van der Waals surface area contributed by atoms with Gasteiger partial charge in [-0.2, -0.15) is 0 Å². The maximum atomic E-state index is 13.5. The number of furan rings is 1. The number of cyclic esters (lactones) is 1. The maximum absolute atomic E-state index is 13.5. The second kappa shape index (κ2) is 8.64. The molecule has 1 aromatic heterocycles. The van der Waals surface area contributed by atoms with Gasteiger partial charge in [-0.05, 0) is 35.8 Å². The molecule has 0 radical (unpaired) electrons. The highest BCUT2D eigenvalue weighted by atomic mass is 28.4. The molecule has 0 fully saturated rings. The third kappa shape index (κ3) is 3.76. The van der Waals surface area contributed by atoms with Crippen molar-refractivity contribution < 1.29 is 23.1 Å². The Labute approximate surface area is 213 Å². The molecule has 0 spiro atoms. The molecule has 0 N–H and O–H groups in total. The van der Waals surface area contributed by atoms with Crippen molar-refractivity contribution >= 4 is 25.3 Å². The molecule has 0 saturated carbocycles. The number of ether oxygens (including phenoxy) is 2. The van der Waals surface area contributed by atoms with Gasteiger partial charge in [0.2, 0.25) is 5.60 Å². The molecule has 1 aliphatic heterocycles. The van der Waals surface area contributed by atoms with Gasteiger partial charge in [-0.1, -0.05) is 81.4 Å². The van der Waals surface area contributed by atoms with Crippen LogP contribution < -0.4 is 4.74 Å². The van der Waals surface area contributed by atoms with Crippen molar-refractivity contribution in [1.29, 1.82) is 0 Å². The lowest BCUT2D eigenvalue weighted by Crippen LogP contribution is -2.40. The van der Waals surface area contributed by atoms with Gasteiger partial charge in [0.1, 0.15) is 5.56 Å². The van der Waals surface area contributed by atoms with Crippen LogP contribution in [0.3, 0.4) is 0 Å². The van der Waals surface area contributed by atoms with E-state index in [0.717, 1.165) is 16.7 Å². The Kier molecular flexibility index (Phi) is 5.84. The Balaban J connectivity index is 1.70. The first kappa shape index (κ1) is 24.3. The summed E-state index contributed by atoms with van der Waals surface area (Å²) in [6.45, 7) is 11.5. The highest BCUT2D eigenvalue weighted by molar-refractivity contribution is 6.74. The van der Waals surface area contributed by atoms with Gasteiger partial charge >= 0.3 is 5.97 Å². The van der Waals surface area contributed by atoms with Crippen LogP contribution in [0.25, 0.3) is 11.0 Å². The molecule has 2 heterocycles. The molecule has 36 heavy (non-hydrogen) atoms. The molecule has 3 aromatic carbocycles. The average molecular weight is 501 g/mol. The molecule has 0 unspecified atom stereocenters.